The van der Waals surface area contributed by atoms with Crippen LogP contribution in [-0.2, 0) is 0 Å². The van der Waals surface area contributed by atoms with E-state index >= 15 is 0 Å². The molecule has 1 aromatic heterocycles. The SMILES string of the molecule is NC(CO)c1ccc2c(c1)oc(=O)n2C1CC1. The van der Waals surface area contributed by atoms with Gasteiger partial charge in [-0.25, -0.2) is 4.79 Å². The summed E-state index contributed by atoms with van der Waals surface area (Å²) in [5, 5.41) is 9.00. The predicted octanol–water partition coefficient (Wildman–Crippen LogP) is 0.921. The normalized spacial score (nSPS) is 17.5. The van der Waals surface area contributed by atoms with Gasteiger partial charge in [0.2, 0.25) is 0 Å². The van der Waals surface area contributed by atoms with Crippen LogP contribution < -0.4 is 11.5 Å². The Kier molecular flexibility index (Phi) is 2.31. The fourth-order valence-corrected chi connectivity index (χ4v) is 2.07. The van der Waals surface area contributed by atoms with E-state index in [0.29, 0.717) is 11.6 Å². The maximum Gasteiger partial charge on any atom is 0.420 e. The summed E-state index contributed by atoms with van der Waals surface area (Å²) in [6, 6.07) is 5.26. The first kappa shape index (κ1) is 10.6. The zero-order valence-corrected chi connectivity index (χ0v) is 9.30. The van der Waals surface area contributed by atoms with E-state index in [4.69, 9.17) is 15.3 Å². The summed E-state index contributed by atoms with van der Waals surface area (Å²) in [4.78, 5) is 11.7. The first-order chi connectivity index (χ1) is 8.20. The molecule has 5 heteroatoms. The largest absolute Gasteiger partial charge is 0.420 e. The van der Waals surface area contributed by atoms with E-state index < -0.39 is 6.04 Å². The van der Waals surface area contributed by atoms with Crippen LogP contribution in [-0.4, -0.2) is 16.3 Å². The lowest BCUT2D eigenvalue weighted by atomic mass is 10.1. The number of benzene rings is 1. The van der Waals surface area contributed by atoms with Crippen LogP contribution in [0.15, 0.2) is 27.4 Å². The molecule has 5 nitrogen and oxygen atoms in total. The molecule has 1 atom stereocenters. The Hall–Kier alpha value is -1.59. The van der Waals surface area contributed by atoms with E-state index in [-0.39, 0.29) is 12.4 Å². The summed E-state index contributed by atoms with van der Waals surface area (Å²) >= 11 is 0. The topological polar surface area (TPSA) is 81.4 Å². The monoisotopic (exact) mass is 234 g/mol. The predicted molar refractivity (Wildman–Crippen MR) is 62.8 cm³/mol. The van der Waals surface area contributed by atoms with Crippen molar-refractivity contribution in [3.05, 3.63) is 34.3 Å². The van der Waals surface area contributed by atoms with Crippen LogP contribution in [0.1, 0.15) is 30.5 Å². The third-order valence-electron chi connectivity index (χ3n) is 3.17. The molecule has 1 heterocycles. The fourth-order valence-electron chi connectivity index (χ4n) is 2.07. The van der Waals surface area contributed by atoms with Gasteiger partial charge in [0.15, 0.2) is 5.58 Å². The first-order valence-electron chi connectivity index (χ1n) is 5.72. The second-order valence-electron chi connectivity index (χ2n) is 4.49. The van der Waals surface area contributed by atoms with Crippen molar-refractivity contribution in [3.63, 3.8) is 0 Å². The van der Waals surface area contributed by atoms with E-state index in [0.717, 1.165) is 23.9 Å². The highest BCUT2D eigenvalue weighted by molar-refractivity contribution is 5.74. The second kappa shape index (κ2) is 3.72. The van der Waals surface area contributed by atoms with E-state index in [1.807, 2.05) is 12.1 Å². The highest BCUT2D eigenvalue weighted by Gasteiger charge is 2.28. The minimum Gasteiger partial charge on any atom is -0.408 e. The number of aliphatic hydroxyl groups excluding tert-OH is 1. The van der Waals surface area contributed by atoms with Gasteiger partial charge < -0.3 is 15.3 Å². The van der Waals surface area contributed by atoms with Crippen molar-refractivity contribution in [3.8, 4) is 0 Å². The number of nitrogens with zero attached hydrogens (tertiary/aromatic N) is 1. The average molecular weight is 234 g/mol. The van der Waals surface area contributed by atoms with Crippen LogP contribution in [0.3, 0.4) is 0 Å². The molecule has 3 rings (SSSR count). The molecule has 3 N–H and O–H groups in total. The van der Waals surface area contributed by atoms with Crippen molar-refractivity contribution in [1.82, 2.24) is 4.57 Å². The summed E-state index contributed by atoms with van der Waals surface area (Å²) in [7, 11) is 0. The molecule has 1 aromatic carbocycles. The molecule has 90 valence electrons. The summed E-state index contributed by atoms with van der Waals surface area (Å²) in [5.41, 5.74) is 7.86. The van der Waals surface area contributed by atoms with Gasteiger partial charge in [0.05, 0.1) is 18.2 Å². The number of hydrogen-bond donors (Lipinski definition) is 2. The third-order valence-corrected chi connectivity index (χ3v) is 3.17. The number of oxazole rings is 1. The van der Waals surface area contributed by atoms with Crippen molar-refractivity contribution >= 4 is 11.1 Å². The summed E-state index contributed by atoms with van der Waals surface area (Å²) in [6.07, 6.45) is 2.07. The van der Waals surface area contributed by atoms with Gasteiger partial charge >= 0.3 is 5.76 Å². The molecule has 0 saturated heterocycles. The fraction of sp³-hybridized carbons (Fsp3) is 0.417. The van der Waals surface area contributed by atoms with Crippen LogP contribution in [0.25, 0.3) is 11.1 Å². The molecular weight excluding hydrogens is 220 g/mol. The van der Waals surface area contributed by atoms with Gasteiger partial charge in [-0.05, 0) is 30.5 Å². The van der Waals surface area contributed by atoms with Crippen molar-refractivity contribution < 1.29 is 9.52 Å². The smallest absolute Gasteiger partial charge is 0.408 e. The van der Waals surface area contributed by atoms with E-state index in [1.54, 1.807) is 10.6 Å². The lowest BCUT2D eigenvalue weighted by Crippen LogP contribution is -2.14. The summed E-state index contributed by atoms with van der Waals surface area (Å²) < 4.78 is 6.90. The maximum absolute atomic E-state index is 11.7. The molecule has 0 bridgehead atoms. The van der Waals surface area contributed by atoms with Crippen molar-refractivity contribution in [1.29, 1.82) is 0 Å². The van der Waals surface area contributed by atoms with Gasteiger partial charge in [0, 0.05) is 6.04 Å². The van der Waals surface area contributed by atoms with Gasteiger partial charge in [-0.15, -0.1) is 0 Å². The molecule has 1 aliphatic carbocycles. The third kappa shape index (κ3) is 1.67. The van der Waals surface area contributed by atoms with Gasteiger partial charge in [-0.3, -0.25) is 4.57 Å². The van der Waals surface area contributed by atoms with Gasteiger partial charge in [0.25, 0.3) is 0 Å². The minimum absolute atomic E-state index is 0.126. The Balaban J connectivity index is 2.15. The standard InChI is InChI=1S/C12H14N2O3/c13-9(6-15)7-1-4-10-11(5-7)17-12(16)14(10)8-2-3-8/h1,4-5,8-9,15H,2-3,6,13H2. The number of fused-ring (bicyclic) bond motifs is 1. The van der Waals surface area contributed by atoms with E-state index in [2.05, 4.69) is 0 Å². The molecule has 1 fully saturated rings. The Morgan fingerprint density at radius 2 is 2.29 bits per heavy atom. The Morgan fingerprint density at radius 1 is 1.53 bits per heavy atom. The summed E-state index contributed by atoms with van der Waals surface area (Å²) in [6.45, 7) is -0.126. The second-order valence-corrected chi connectivity index (χ2v) is 4.49. The molecular formula is C12H14N2O3. The van der Waals surface area contributed by atoms with Crippen LogP contribution in [0, 0.1) is 0 Å². The van der Waals surface area contributed by atoms with Crippen LogP contribution in [0.2, 0.25) is 0 Å². The molecule has 1 unspecified atom stereocenters. The number of hydrogen-bond acceptors (Lipinski definition) is 4. The Bertz CT molecular complexity index is 610. The molecule has 0 spiro atoms. The Morgan fingerprint density at radius 3 is 2.94 bits per heavy atom. The van der Waals surface area contributed by atoms with E-state index in [9.17, 15) is 4.79 Å². The molecule has 0 radical (unpaired) electrons. The average Bonchev–Trinajstić information content (AvgIpc) is 3.10. The molecule has 0 aliphatic heterocycles. The lowest BCUT2D eigenvalue weighted by Gasteiger charge is -2.07. The molecule has 1 saturated carbocycles. The molecule has 1 aliphatic rings. The highest BCUT2D eigenvalue weighted by Crippen LogP contribution is 2.36. The molecule has 17 heavy (non-hydrogen) atoms. The zero-order valence-electron chi connectivity index (χ0n) is 9.30. The van der Waals surface area contributed by atoms with E-state index in [1.165, 1.54) is 0 Å². The maximum atomic E-state index is 11.7. The van der Waals surface area contributed by atoms with Crippen molar-refractivity contribution in [2.24, 2.45) is 5.73 Å². The molecule has 2 aromatic rings. The minimum atomic E-state index is -0.436. The van der Waals surface area contributed by atoms with Crippen molar-refractivity contribution in [2.45, 2.75) is 24.9 Å². The van der Waals surface area contributed by atoms with Gasteiger partial charge in [-0.2, -0.15) is 0 Å². The summed E-state index contributed by atoms with van der Waals surface area (Å²) in [5.74, 6) is -0.308. The van der Waals surface area contributed by atoms with Gasteiger partial charge in [-0.1, -0.05) is 6.07 Å². The zero-order chi connectivity index (χ0) is 12.0. The van der Waals surface area contributed by atoms with Gasteiger partial charge in [0.1, 0.15) is 0 Å². The lowest BCUT2D eigenvalue weighted by molar-refractivity contribution is 0.268. The number of aliphatic hydroxyl groups is 1. The number of aromatic nitrogens is 1. The van der Waals surface area contributed by atoms with Crippen LogP contribution in [0.5, 0.6) is 0 Å². The molecule has 0 amide bonds. The first-order valence-corrected chi connectivity index (χ1v) is 5.72. The van der Waals surface area contributed by atoms with Crippen LogP contribution in [0.4, 0.5) is 0 Å². The highest BCUT2D eigenvalue weighted by atomic mass is 16.4. The Labute approximate surface area is 97.5 Å². The number of rotatable bonds is 3. The number of nitrogens with two attached hydrogens (primary N) is 1. The quantitative estimate of drug-likeness (QED) is 0.827. The van der Waals surface area contributed by atoms with Crippen molar-refractivity contribution in [2.75, 3.05) is 6.61 Å². The van der Waals surface area contributed by atoms with Crippen LogP contribution >= 0.6 is 0 Å².